The van der Waals surface area contributed by atoms with E-state index >= 15 is 0 Å². The van der Waals surface area contributed by atoms with Crippen LogP contribution in [-0.2, 0) is 9.63 Å². The van der Waals surface area contributed by atoms with E-state index in [1.807, 2.05) is 0 Å². The van der Waals surface area contributed by atoms with Crippen LogP contribution in [0.2, 0.25) is 10.0 Å². The number of hydrogen-bond donors (Lipinski definition) is 1. The summed E-state index contributed by atoms with van der Waals surface area (Å²) in [6.07, 6.45) is 0. The van der Waals surface area contributed by atoms with E-state index in [4.69, 9.17) is 23.2 Å². The molecule has 0 radical (unpaired) electrons. The molecule has 0 atom stereocenters. The third-order valence-corrected chi connectivity index (χ3v) is 1.80. The van der Waals surface area contributed by atoms with Gasteiger partial charge >= 0.3 is 5.97 Å². The summed E-state index contributed by atoms with van der Waals surface area (Å²) in [7, 11) is 0. The molecular formula is C8H7Cl2NO2. The van der Waals surface area contributed by atoms with Gasteiger partial charge in [-0.2, -0.15) is 0 Å². The van der Waals surface area contributed by atoms with Crippen molar-refractivity contribution in [1.82, 2.24) is 0 Å². The molecule has 0 unspecified atom stereocenters. The van der Waals surface area contributed by atoms with Gasteiger partial charge in [0.25, 0.3) is 0 Å². The van der Waals surface area contributed by atoms with Gasteiger partial charge in [-0.3, -0.25) is 4.79 Å². The van der Waals surface area contributed by atoms with Crippen LogP contribution < -0.4 is 5.48 Å². The molecule has 13 heavy (non-hydrogen) atoms. The van der Waals surface area contributed by atoms with E-state index in [1.54, 1.807) is 18.2 Å². The third kappa shape index (κ3) is 3.13. The monoisotopic (exact) mass is 219 g/mol. The Morgan fingerprint density at radius 2 is 2.15 bits per heavy atom. The van der Waals surface area contributed by atoms with Crippen molar-refractivity contribution < 1.29 is 9.63 Å². The number of carbonyl (C=O) groups excluding carboxylic acids is 1. The lowest BCUT2D eigenvalue weighted by atomic mass is 10.3. The predicted octanol–water partition coefficient (Wildman–Crippen LogP) is 2.88. The molecule has 0 saturated carbocycles. The van der Waals surface area contributed by atoms with Crippen molar-refractivity contribution in [3.05, 3.63) is 28.2 Å². The number of hydrogen-bond acceptors (Lipinski definition) is 3. The minimum absolute atomic E-state index is 0.436. The minimum Gasteiger partial charge on any atom is -0.344 e. The van der Waals surface area contributed by atoms with E-state index in [0.29, 0.717) is 15.7 Å². The van der Waals surface area contributed by atoms with Crippen molar-refractivity contribution >= 4 is 34.9 Å². The molecule has 0 aliphatic heterocycles. The van der Waals surface area contributed by atoms with Crippen LogP contribution in [0.25, 0.3) is 0 Å². The highest BCUT2D eigenvalue weighted by Gasteiger charge is 2.01. The summed E-state index contributed by atoms with van der Waals surface area (Å²) >= 11 is 11.5. The van der Waals surface area contributed by atoms with Crippen LogP contribution in [0.15, 0.2) is 18.2 Å². The minimum atomic E-state index is -0.448. The smallest absolute Gasteiger partial charge is 0.329 e. The SMILES string of the molecule is CC(=O)ONc1cc(Cl)ccc1Cl. The molecule has 1 N–H and O–H groups in total. The second-order valence-corrected chi connectivity index (χ2v) is 3.16. The van der Waals surface area contributed by atoms with Crippen LogP contribution in [0, 0.1) is 0 Å². The van der Waals surface area contributed by atoms with E-state index in [-0.39, 0.29) is 0 Å². The second kappa shape index (κ2) is 4.35. The van der Waals surface area contributed by atoms with Gasteiger partial charge in [-0.05, 0) is 18.2 Å². The van der Waals surface area contributed by atoms with Gasteiger partial charge < -0.3 is 4.84 Å². The molecule has 0 fully saturated rings. The van der Waals surface area contributed by atoms with Gasteiger partial charge in [0.15, 0.2) is 0 Å². The molecule has 3 nitrogen and oxygen atoms in total. The summed E-state index contributed by atoms with van der Waals surface area (Å²) in [5.41, 5.74) is 2.85. The van der Waals surface area contributed by atoms with Crippen molar-refractivity contribution in [1.29, 1.82) is 0 Å². The summed E-state index contributed by atoms with van der Waals surface area (Å²) < 4.78 is 0. The first kappa shape index (κ1) is 10.2. The average Bonchev–Trinajstić information content (AvgIpc) is 2.06. The molecule has 0 aromatic heterocycles. The van der Waals surface area contributed by atoms with Crippen LogP contribution in [-0.4, -0.2) is 5.97 Å². The van der Waals surface area contributed by atoms with Crippen molar-refractivity contribution in [2.75, 3.05) is 5.48 Å². The van der Waals surface area contributed by atoms with Crippen LogP contribution in [0.5, 0.6) is 0 Å². The van der Waals surface area contributed by atoms with Crippen LogP contribution in [0.1, 0.15) is 6.92 Å². The van der Waals surface area contributed by atoms with Gasteiger partial charge in [0.2, 0.25) is 0 Å². The van der Waals surface area contributed by atoms with Gasteiger partial charge in [0.1, 0.15) is 0 Å². The molecule has 0 spiro atoms. The van der Waals surface area contributed by atoms with Crippen molar-refractivity contribution in [2.24, 2.45) is 0 Å². The Labute approximate surface area is 85.5 Å². The van der Waals surface area contributed by atoms with Gasteiger partial charge in [0, 0.05) is 11.9 Å². The zero-order valence-corrected chi connectivity index (χ0v) is 8.32. The largest absolute Gasteiger partial charge is 0.344 e. The fourth-order valence-electron chi connectivity index (χ4n) is 0.703. The lowest BCUT2D eigenvalue weighted by Gasteiger charge is -2.06. The zero-order valence-electron chi connectivity index (χ0n) is 6.80. The number of halogens is 2. The molecule has 0 aliphatic rings. The van der Waals surface area contributed by atoms with E-state index in [2.05, 4.69) is 10.3 Å². The first-order chi connectivity index (χ1) is 6.09. The first-order valence-electron chi connectivity index (χ1n) is 3.48. The highest BCUT2D eigenvalue weighted by molar-refractivity contribution is 6.35. The van der Waals surface area contributed by atoms with Gasteiger partial charge in [0.05, 0.1) is 10.7 Å². The van der Waals surface area contributed by atoms with E-state index < -0.39 is 5.97 Å². The van der Waals surface area contributed by atoms with Gasteiger partial charge in [-0.15, -0.1) is 0 Å². The molecule has 70 valence electrons. The molecule has 0 bridgehead atoms. The molecular weight excluding hydrogens is 213 g/mol. The highest BCUT2D eigenvalue weighted by Crippen LogP contribution is 2.25. The normalized spacial score (nSPS) is 9.46. The number of benzene rings is 1. The summed E-state index contributed by atoms with van der Waals surface area (Å²) in [6, 6.07) is 4.81. The molecule has 0 amide bonds. The Hall–Kier alpha value is -0.930. The van der Waals surface area contributed by atoms with E-state index in [1.165, 1.54) is 6.92 Å². The fraction of sp³-hybridized carbons (Fsp3) is 0.125. The predicted molar refractivity (Wildman–Crippen MR) is 51.9 cm³/mol. The zero-order chi connectivity index (χ0) is 9.84. The van der Waals surface area contributed by atoms with Gasteiger partial charge in [-0.25, -0.2) is 5.48 Å². The number of nitrogens with one attached hydrogen (secondary N) is 1. The van der Waals surface area contributed by atoms with Gasteiger partial charge in [-0.1, -0.05) is 23.2 Å². The molecule has 1 rings (SSSR count). The number of anilines is 1. The maximum Gasteiger partial charge on any atom is 0.329 e. The Bertz CT molecular complexity index is 328. The fourth-order valence-corrected chi connectivity index (χ4v) is 1.03. The number of rotatable bonds is 2. The Morgan fingerprint density at radius 3 is 2.77 bits per heavy atom. The third-order valence-electron chi connectivity index (χ3n) is 1.23. The first-order valence-corrected chi connectivity index (χ1v) is 4.23. The summed E-state index contributed by atoms with van der Waals surface area (Å²) in [4.78, 5) is 15.0. The van der Waals surface area contributed by atoms with Crippen LogP contribution in [0.3, 0.4) is 0 Å². The standard InChI is InChI=1S/C8H7Cl2NO2/c1-5(12)13-11-8-4-6(9)2-3-7(8)10/h2-4,11H,1H3. The molecule has 0 heterocycles. The van der Waals surface area contributed by atoms with E-state index in [0.717, 1.165) is 0 Å². The highest BCUT2D eigenvalue weighted by atomic mass is 35.5. The maximum absolute atomic E-state index is 10.5. The topological polar surface area (TPSA) is 38.3 Å². The summed E-state index contributed by atoms with van der Waals surface area (Å²) in [6.45, 7) is 1.28. The van der Waals surface area contributed by atoms with Crippen LogP contribution in [0.4, 0.5) is 5.69 Å². The molecule has 5 heteroatoms. The van der Waals surface area contributed by atoms with Crippen LogP contribution >= 0.6 is 23.2 Å². The summed E-state index contributed by atoms with van der Waals surface area (Å²) in [5, 5.41) is 0.949. The quantitative estimate of drug-likeness (QED) is 0.778. The van der Waals surface area contributed by atoms with Crippen molar-refractivity contribution in [3.63, 3.8) is 0 Å². The lowest BCUT2D eigenvalue weighted by Crippen LogP contribution is -2.06. The Morgan fingerprint density at radius 1 is 1.46 bits per heavy atom. The lowest BCUT2D eigenvalue weighted by molar-refractivity contribution is -0.138. The Kier molecular flexibility index (Phi) is 3.39. The van der Waals surface area contributed by atoms with Crippen molar-refractivity contribution in [2.45, 2.75) is 6.92 Å². The molecule has 0 aliphatic carbocycles. The summed E-state index contributed by atoms with van der Waals surface area (Å²) in [5.74, 6) is -0.448. The second-order valence-electron chi connectivity index (χ2n) is 2.32. The molecule has 0 saturated heterocycles. The molecule has 1 aromatic rings. The molecule has 1 aromatic carbocycles. The Balaban J connectivity index is 2.75. The van der Waals surface area contributed by atoms with E-state index in [9.17, 15) is 4.79 Å². The maximum atomic E-state index is 10.5. The average molecular weight is 220 g/mol. The number of carbonyl (C=O) groups is 1. The van der Waals surface area contributed by atoms with Crippen molar-refractivity contribution in [3.8, 4) is 0 Å².